The van der Waals surface area contributed by atoms with Crippen LogP contribution in [0.4, 0.5) is 13.2 Å². The third-order valence-corrected chi connectivity index (χ3v) is 2.31. The molecule has 0 heterocycles. The molecule has 0 aromatic carbocycles. The lowest BCUT2D eigenvalue weighted by Gasteiger charge is -2.22. The maximum atomic E-state index is 12.8. The number of ether oxygens (including phenoxy) is 1. The first kappa shape index (κ1) is 14.3. The number of hydrogen-bond acceptors (Lipinski definition) is 2. The Bertz CT molecular complexity index is 215. The highest BCUT2D eigenvalue weighted by atomic mass is 19.3. The van der Waals surface area contributed by atoms with Crippen molar-refractivity contribution in [3.63, 3.8) is 0 Å². The van der Waals surface area contributed by atoms with Crippen LogP contribution >= 0.6 is 0 Å². The third-order valence-electron chi connectivity index (χ3n) is 2.31. The lowest BCUT2D eigenvalue weighted by Crippen LogP contribution is -2.32. The van der Waals surface area contributed by atoms with Gasteiger partial charge in [-0.1, -0.05) is 6.92 Å². The first-order chi connectivity index (χ1) is 6.75. The van der Waals surface area contributed by atoms with Gasteiger partial charge in [-0.05, 0) is 20.3 Å². The van der Waals surface area contributed by atoms with Crippen LogP contribution in [0.2, 0.25) is 0 Å². The molecule has 15 heavy (non-hydrogen) atoms. The Balaban J connectivity index is 4.11. The summed E-state index contributed by atoms with van der Waals surface area (Å²) in [5.41, 5.74) is -0.772. The van der Waals surface area contributed by atoms with Gasteiger partial charge in [0.2, 0.25) is 0 Å². The minimum atomic E-state index is -3.27. The number of alkyl halides is 3. The van der Waals surface area contributed by atoms with E-state index in [-0.39, 0.29) is 0 Å². The Morgan fingerprint density at radius 1 is 1.33 bits per heavy atom. The standard InChI is InChI=1S/C10H17F3O2/c1-4-9(2,3)8(14)15-7-10(12,13)5-6-11/h4-7H2,1-3H3. The summed E-state index contributed by atoms with van der Waals surface area (Å²) in [4.78, 5) is 11.3. The lowest BCUT2D eigenvalue weighted by atomic mass is 9.91. The fourth-order valence-electron chi connectivity index (χ4n) is 0.721. The van der Waals surface area contributed by atoms with E-state index in [1.54, 1.807) is 20.8 Å². The molecule has 0 aromatic heterocycles. The fourth-order valence-corrected chi connectivity index (χ4v) is 0.721. The van der Waals surface area contributed by atoms with Crippen LogP contribution in [-0.2, 0) is 9.53 Å². The monoisotopic (exact) mass is 226 g/mol. The van der Waals surface area contributed by atoms with Gasteiger partial charge in [0.15, 0.2) is 6.61 Å². The molecule has 0 bridgehead atoms. The molecule has 0 aromatic rings. The molecule has 2 nitrogen and oxygen atoms in total. The minimum Gasteiger partial charge on any atom is -0.459 e. The number of halogens is 3. The molecule has 0 saturated carbocycles. The molecule has 0 fully saturated rings. The molecule has 0 saturated heterocycles. The summed E-state index contributed by atoms with van der Waals surface area (Å²) in [6, 6.07) is 0. The highest BCUT2D eigenvalue weighted by Gasteiger charge is 2.34. The Labute approximate surface area is 87.8 Å². The van der Waals surface area contributed by atoms with Crippen molar-refractivity contribution >= 4 is 5.97 Å². The van der Waals surface area contributed by atoms with Crippen LogP contribution in [0.5, 0.6) is 0 Å². The maximum Gasteiger partial charge on any atom is 0.311 e. The normalized spacial score (nSPS) is 12.7. The molecule has 0 radical (unpaired) electrons. The zero-order chi connectivity index (χ0) is 12.1. The zero-order valence-electron chi connectivity index (χ0n) is 9.28. The van der Waals surface area contributed by atoms with E-state index in [1.807, 2.05) is 0 Å². The van der Waals surface area contributed by atoms with Crippen molar-refractivity contribution in [2.75, 3.05) is 13.3 Å². The van der Waals surface area contributed by atoms with Crippen molar-refractivity contribution in [3.8, 4) is 0 Å². The van der Waals surface area contributed by atoms with Gasteiger partial charge in [0.05, 0.1) is 12.1 Å². The van der Waals surface area contributed by atoms with E-state index in [2.05, 4.69) is 4.74 Å². The summed E-state index contributed by atoms with van der Waals surface area (Å²) < 4.78 is 41.7. The second kappa shape index (κ2) is 5.37. The van der Waals surface area contributed by atoms with Crippen molar-refractivity contribution < 1.29 is 22.7 Å². The quantitative estimate of drug-likeness (QED) is 0.651. The molecular weight excluding hydrogens is 209 g/mol. The Hall–Kier alpha value is -0.740. The molecule has 0 aliphatic heterocycles. The molecule has 5 heteroatoms. The van der Waals surface area contributed by atoms with Gasteiger partial charge in [-0.2, -0.15) is 0 Å². The first-order valence-corrected chi connectivity index (χ1v) is 4.86. The van der Waals surface area contributed by atoms with E-state index in [9.17, 15) is 18.0 Å². The predicted octanol–water partition coefficient (Wildman–Crippen LogP) is 2.96. The van der Waals surface area contributed by atoms with Crippen molar-refractivity contribution in [1.82, 2.24) is 0 Å². The molecule has 0 aliphatic rings. The number of hydrogen-bond donors (Lipinski definition) is 0. The Morgan fingerprint density at radius 2 is 1.87 bits per heavy atom. The molecular formula is C10H17F3O2. The predicted molar refractivity (Wildman–Crippen MR) is 50.6 cm³/mol. The van der Waals surface area contributed by atoms with Gasteiger partial charge in [-0.25, -0.2) is 8.78 Å². The molecule has 0 spiro atoms. The second-order valence-corrected chi connectivity index (χ2v) is 4.11. The van der Waals surface area contributed by atoms with Crippen molar-refractivity contribution in [2.24, 2.45) is 5.41 Å². The zero-order valence-corrected chi connectivity index (χ0v) is 9.28. The van der Waals surface area contributed by atoms with Gasteiger partial charge in [0, 0.05) is 6.42 Å². The van der Waals surface area contributed by atoms with Gasteiger partial charge < -0.3 is 4.74 Å². The van der Waals surface area contributed by atoms with Crippen LogP contribution in [0, 0.1) is 5.41 Å². The number of carbonyl (C=O) groups excluding carboxylic acids is 1. The van der Waals surface area contributed by atoms with Crippen LogP contribution in [0.25, 0.3) is 0 Å². The summed E-state index contributed by atoms with van der Waals surface area (Å²) in [6.45, 7) is 2.83. The summed E-state index contributed by atoms with van der Waals surface area (Å²) in [5, 5.41) is 0. The largest absolute Gasteiger partial charge is 0.459 e. The van der Waals surface area contributed by atoms with Gasteiger partial charge in [-0.3, -0.25) is 9.18 Å². The van der Waals surface area contributed by atoms with Crippen LogP contribution in [0.1, 0.15) is 33.6 Å². The van der Waals surface area contributed by atoms with Crippen molar-refractivity contribution in [2.45, 2.75) is 39.5 Å². The van der Waals surface area contributed by atoms with Gasteiger partial charge >= 0.3 is 5.97 Å². The second-order valence-electron chi connectivity index (χ2n) is 4.11. The summed E-state index contributed by atoms with van der Waals surface area (Å²) in [6.07, 6.45) is -0.409. The number of carbonyl (C=O) groups is 1. The minimum absolute atomic E-state index is 0.501. The van der Waals surface area contributed by atoms with E-state index in [4.69, 9.17) is 0 Å². The Kier molecular flexibility index (Phi) is 5.11. The third kappa shape index (κ3) is 5.04. The molecule has 0 rings (SSSR count). The lowest BCUT2D eigenvalue weighted by molar-refractivity contribution is -0.166. The highest BCUT2D eigenvalue weighted by Crippen LogP contribution is 2.24. The first-order valence-electron chi connectivity index (χ1n) is 4.86. The van der Waals surface area contributed by atoms with Crippen LogP contribution in [0.15, 0.2) is 0 Å². The van der Waals surface area contributed by atoms with E-state index in [0.717, 1.165) is 0 Å². The van der Waals surface area contributed by atoms with Crippen molar-refractivity contribution in [3.05, 3.63) is 0 Å². The van der Waals surface area contributed by atoms with E-state index in [1.165, 1.54) is 0 Å². The van der Waals surface area contributed by atoms with Gasteiger partial charge in [0.25, 0.3) is 5.92 Å². The SMILES string of the molecule is CCC(C)(C)C(=O)OCC(F)(F)CCF. The summed E-state index contributed by atoms with van der Waals surface area (Å²) in [7, 11) is 0. The molecule has 90 valence electrons. The van der Waals surface area contributed by atoms with E-state index < -0.39 is 37.0 Å². The summed E-state index contributed by atoms with van der Waals surface area (Å²) in [5.74, 6) is -3.95. The van der Waals surface area contributed by atoms with E-state index >= 15 is 0 Å². The average Bonchev–Trinajstić information content (AvgIpc) is 2.14. The number of esters is 1. The Morgan fingerprint density at radius 3 is 2.27 bits per heavy atom. The molecule has 0 atom stereocenters. The highest BCUT2D eigenvalue weighted by molar-refractivity contribution is 5.75. The van der Waals surface area contributed by atoms with Gasteiger partial charge in [0.1, 0.15) is 0 Å². The maximum absolute atomic E-state index is 12.8. The smallest absolute Gasteiger partial charge is 0.311 e. The fraction of sp³-hybridized carbons (Fsp3) is 0.900. The molecule has 0 N–H and O–H groups in total. The van der Waals surface area contributed by atoms with E-state index in [0.29, 0.717) is 6.42 Å². The topological polar surface area (TPSA) is 26.3 Å². The van der Waals surface area contributed by atoms with Crippen LogP contribution in [-0.4, -0.2) is 25.2 Å². The van der Waals surface area contributed by atoms with Gasteiger partial charge in [-0.15, -0.1) is 0 Å². The van der Waals surface area contributed by atoms with Crippen LogP contribution in [0.3, 0.4) is 0 Å². The molecule has 0 unspecified atom stereocenters. The molecule has 0 amide bonds. The summed E-state index contributed by atoms with van der Waals surface area (Å²) >= 11 is 0. The number of rotatable bonds is 6. The van der Waals surface area contributed by atoms with Crippen molar-refractivity contribution in [1.29, 1.82) is 0 Å². The van der Waals surface area contributed by atoms with Crippen LogP contribution < -0.4 is 0 Å². The average molecular weight is 226 g/mol. The molecule has 0 aliphatic carbocycles.